The smallest absolute Gasteiger partial charge is 0.407 e. The Morgan fingerprint density at radius 1 is 0.865 bits per heavy atom. The fraction of sp³-hybridized carbons (Fsp3) is 0.486. The molecule has 0 saturated carbocycles. The number of nitrogens with one attached hydrogen (secondary N) is 4. The van der Waals surface area contributed by atoms with Gasteiger partial charge in [-0.3, -0.25) is 14.6 Å². The Hall–Kier alpha value is -5.74. The summed E-state index contributed by atoms with van der Waals surface area (Å²) in [5.41, 5.74) is 5.17. The first-order valence-electron chi connectivity index (χ1n) is 17.5. The van der Waals surface area contributed by atoms with Crippen LogP contribution in [0.1, 0.15) is 81.4 Å². The van der Waals surface area contributed by atoms with E-state index >= 15 is 0 Å². The number of hydrogen-bond donors (Lipinski definition) is 4. The van der Waals surface area contributed by atoms with Crippen LogP contribution in [-0.4, -0.2) is 104 Å². The Kier molecular flexibility index (Phi) is 9.42. The lowest BCUT2D eigenvalue weighted by Crippen LogP contribution is -2.51. The van der Waals surface area contributed by atoms with Crippen molar-refractivity contribution in [2.45, 2.75) is 77.0 Å². The number of amides is 4. The summed E-state index contributed by atoms with van der Waals surface area (Å²) in [6.45, 7) is 6.52. The predicted octanol–water partition coefficient (Wildman–Crippen LogP) is 4.07. The van der Waals surface area contributed by atoms with Crippen molar-refractivity contribution in [3.8, 4) is 11.6 Å². The summed E-state index contributed by atoms with van der Waals surface area (Å²) >= 11 is 0. The minimum absolute atomic E-state index is 0.133. The molecule has 0 unspecified atom stereocenters. The van der Waals surface area contributed by atoms with Gasteiger partial charge in [0.2, 0.25) is 17.7 Å². The summed E-state index contributed by atoms with van der Waals surface area (Å²) < 4.78 is 15.6. The van der Waals surface area contributed by atoms with E-state index in [1.807, 2.05) is 26.0 Å². The first-order chi connectivity index (χ1) is 25.0. The Labute approximate surface area is 298 Å². The number of carbonyl (C=O) groups excluding carboxylic acids is 4. The average molecular weight is 715 g/mol. The van der Waals surface area contributed by atoms with Gasteiger partial charge >= 0.3 is 12.2 Å². The lowest BCUT2D eigenvalue weighted by atomic mass is 10.0. The molecule has 52 heavy (non-hydrogen) atoms. The largest absolute Gasteiger partial charge is 0.453 e. The number of alkyl carbamates (subject to hydrolysis) is 2. The number of aromatic nitrogens is 5. The molecular weight excluding hydrogens is 672 g/mol. The van der Waals surface area contributed by atoms with Crippen LogP contribution < -0.4 is 10.6 Å². The maximum atomic E-state index is 13.5. The highest BCUT2D eigenvalue weighted by molar-refractivity contribution is 6.06. The monoisotopic (exact) mass is 714 g/mol. The molecule has 4 amide bonds. The number of carbonyl (C=O) groups is 4. The van der Waals surface area contributed by atoms with Gasteiger partial charge in [0.25, 0.3) is 0 Å². The van der Waals surface area contributed by atoms with Crippen molar-refractivity contribution in [1.82, 2.24) is 45.4 Å². The zero-order chi connectivity index (χ0) is 36.7. The van der Waals surface area contributed by atoms with Gasteiger partial charge in [-0.1, -0.05) is 13.8 Å². The number of benzene rings is 1. The summed E-state index contributed by atoms with van der Waals surface area (Å²) in [7, 11) is 2.53. The molecule has 4 N–H and O–H groups in total. The Balaban J connectivity index is 1.05. The third-order valence-electron chi connectivity index (χ3n) is 9.92. The van der Waals surface area contributed by atoms with Crippen LogP contribution in [0.4, 0.5) is 15.3 Å². The molecule has 0 spiro atoms. The van der Waals surface area contributed by atoms with E-state index in [-0.39, 0.29) is 29.8 Å². The van der Waals surface area contributed by atoms with Crippen molar-refractivity contribution in [1.29, 1.82) is 0 Å². The van der Waals surface area contributed by atoms with Gasteiger partial charge in [-0.25, -0.2) is 24.5 Å². The van der Waals surface area contributed by atoms with Gasteiger partial charge in [0.1, 0.15) is 34.9 Å². The van der Waals surface area contributed by atoms with Gasteiger partial charge < -0.3 is 44.3 Å². The Morgan fingerprint density at radius 3 is 2.13 bits per heavy atom. The number of aliphatic imine (C=N–C) groups is 1. The van der Waals surface area contributed by atoms with Crippen LogP contribution in [0.25, 0.3) is 22.7 Å². The maximum Gasteiger partial charge on any atom is 0.407 e. The van der Waals surface area contributed by atoms with E-state index in [0.717, 1.165) is 48.3 Å². The summed E-state index contributed by atoms with van der Waals surface area (Å²) in [4.78, 5) is 79.2. The lowest BCUT2D eigenvalue weighted by molar-refractivity contribution is -0.135. The molecule has 17 heteroatoms. The van der Waals surface area contributed by atoms with Gasteiger partial charge in [-0.15, -0.1) is 0 Å². The highest BCUT2D eigenvalue weighted by Gasteiger charge is 2.38. The van der Waals surface area contributed by atoms with Crippen molar-refractivity contribution in [3.63, 3.8) is 0 Å². The summed E-state index contributed by atoms with van der Waals surface area (Å²) in [5.74, 6) is 1.15. The third-order valence-corrected chi connectivity index (χ3v) is 9.92. The number of rotatable bonds is 9. The van der Waals surface area contributed by atoms with Crippen LogP contribution in [0, 0.1) is 5.92 Å². The van der Waals surface area contributed by atoms with E-state index in [2.05, 4.69) is 35.3 Å². The SMILES string of the molecule is COC(=O)N[C@@H](C)C(=O)N1CCC[C@H]1c1ncc(C2=Nc3cc4nc(-c5cnc([C@@H]6CCCN6C(=O)[C@@H](NC(=O)OC)C(C)C)[nH]5)oc4cc3C2)[nH]1. The number of likely N-dealkylation sites (tertiary alicyclic amines) is 2. The number of methoxy groups -OCH3 is 2. The molecule has 4 aromatic rings. The van der Waals surface area contributed by atoms with Gasteiger partial charge in [0.05, 0.1) is 55.8 Å². The minimum atomic E-state index is -0.729. The van der Waals surface area contributed by atoms with Gasteiger partial charge in [0.15, 0.2) is 5.58 Å². The van der Waals surface area contributed by atoms with Crippen molar-refractivity contribution >= 4 is 46.5 Å². The van der Waals surface area contributed by atoms with Crippen molar-refractivity contribution in [3.05, 3.63) is 47.4 Å². The molecule has 7 rings (SSSR count). The zero-order valence-corrected chi connectivity index (χ0v) is 29.7. The molecule has 3 aromatic heterocycles. The number of oxazole rings is 1. The molecule has 0 bridgehead atoms. The molecular formula is C35H42N10O7. The molecule has 274 valence electrons. The van der Waals surface area contributed by atoms with Crippen molar-refractivity contribution in [2.24, 2.45) is 10.9 Å². The first-order valence-corrected chi connectivity index (χ1v) is 17.5. The Bertz CT molecular complexity index is 2050. The molecule has 4 atom stereocenters. The number of nitrogens with zero attached hydrogens (tertiary/aromatic N) is 6. The summed E-state index contributed by atoms with van der Waals surface area (Å²) in [5, 5.41) is 5.22. The topological polar surface area (TPSA) is 213 Å². The minimum Gasteiger partial charge on any atom is -0.453 e. The molecule has 0 radical (unpaired) electrons. The molecule has 2 saturated heterocycles. The molecule has 3 aliphatic heterocycles. The van der Waals surface area contributed by atoms with Crippen LogP contribution in [0.3, 0.4) is 0 Å². The first kappa shape index (κ1) is 34.7. The van der Waals surface area contributed by atoms with Crippen LogP contribution in [0.15, 0.2) is 33.9 Å². The van der Waals surface area contributed by atoms with Gasteiger partial charge in [-0.05, 0) is 56.2 Å². The second kappa shape index (κ2) is 14.1. The molecule has 3 aliphatic rings. The van der Waals surface area contributed by atoms with E-state index in [1.165, 1.54) is 14.2 Å². The van der Waals surface area contributed by atoms with E-state index in [1.54, 1.807) is 29.1 Å². The third kappa shape index (κ3) is 6.57. The number of aromatic amines is 2. The number of imidazole rings is 2. The quantitative estimate of drug-likeness (QED) is 0.195. The van der Waals surface area contributed by atoms with E-state index in [4.69, 9.17) is 19.1 Å². The molecule has 17 nitrogen and oxygen atoms in total. The number of ether oxygens (including phenoxy) is 2. The highest BCUT2D eigenvalue weighted by Crippen LogP contribution is 2.37. The summed E-state index contributed by atoms with van der Waals surface area (Å²) in [6, 6.07) is 1.86. The highest BCUT2D eigenvalue weighted by atomic mass is 16.5. The normalized spacial score (nSPS) is 19.5. The zero-order valence-electron chi connectivity index (χ0n) is 29.7. The summed E-state index contributed by atoms with van der Waals surface area (Å²) in [6.07, 6.45) is 5.76. The maximum absolute atomic E-state index is 13.5. The van der Waals surface area contributed by atoms with E-state index in [0.29, 0.717) is 53.8 Å². The molecule has 1 aromatic carbocycles. The van der Waals surface area contributed by atoms with Gasteiger partial charge in [0, 0.05) is 19.5 Å². The van der Waals surface area contributed by atoms with Crippen LogP contribution in [0.5, 0.6) is 0 Å². The molecule has 6 heterocycles. The van der Waals surface area contributed by atoms with Crippen LogP contribution >= 0.6 is 0 Å². The van der Waals surface area contributed by atoms with E-state index < -0.39 is 24.3 Å². The molecule has 0 aliphatic carbocycles. The van der Waals surface area contributed by atoms with Crippen LogP contribution in [0.2, 0.25) is 0 Å². The lowest BCUT2D eigenvalue weighted by Gasteiger charge is -2.29. The number of H-pyrrole nitrogens is 2. The van der Waals surface area contributed by atoms with Gasteiger partial charge in [-0.2, -0.15) is 0 Å². The number of fused-ring (bicyclic) bond motifs is 2. The molecule has 2 fully saturated rings. The number of hydrogen-bond acceptors (Lipinski definition) is 11. The fourth-order valence-electron chi connectivity index (χ4n) is 7.21. The van der Waals surface area contributed by atoms with Crippen molar-refractivity contribution < 1.29 is 33.1 Å². The Morgan fingerprint density at radius 2 is 1.48 bits per heavy atom. The second-order valence-electron chi connectivity index (χ2n) is 13.7. The average Bonchev–Trinajstić information content (AvgIpc) is 3.97. The second-order valence-corrected chi connectivity index (χ2v) is 13.7. The van der Waals surface area contributed by atoms with Crippen molar-refractivity contribution in [2.75, 3.05) is 27.3 Å². The van der Waals surface area contributed by atoms with Crippen LogP contribution in [-0.2, 0) is 25.5 Å². The van der Waals surface area contributed by atoms with E-state index in [9.17, 15) is 19.2 Å². The standard InChI is InChI=1S/C35H42N10O7/c1-17(2)28(43-35(49)51-5)33(47)45-11-7-9-26(45)30-37-16-24(41-30)31-42-22-14-20-19(13-27(22)52-31)12-21(39-20)23-15-36-29(40-23)25-8-6-10-44(25)32(46)18(3)38-34(48)50-4/h13-18,25-26,28H,6-12H2,1-5H3,(H,36,40)(H,37,41)(H,38,48)(H,43,49)/t18-,25-,26-,28-/m0/s1. The fourth-order valence-corrected chi connectivity index (χ4v) is 7.21. The predicted molar refractivity (Wildman–Crippen MR) is 187 cm³/mol.